The Morgan fingerprint density at radius 3 is 2.91 bits per heavy atom. The van der Waals surface area contributed by atoms with Crippen molar-refractivity contribution in [2.75, 3.05) is 24.8 Å². The molecule has 1 aliphatic rings. The van der Waals surface area contributed by atoms with E-state index in [4.69, 9.17) is 16.3 Å². The molecule has 0 aliphatic carbocycles. The van der Waals surface area contributed by atoms with Gasteiger partial charge in [-0.25, -0.2) is 4.68 Å². The van der Waals surface area contributed by atoms with E-state index in [1.165, 1.54) is 10.9 Å². The SMILES string of the molecule is CNC(=O)Cn1cc(NC(=O)c2cnn3c2NC(C)C=C3)c(-c2cc(Cl)ccc2COC)n1. The van der Waals surface area contributed by atoms with Crippen LogP contribution in [0.15, 0.2) is 36.7 Å². The maximum atomic E-state index is 13.2. The molecule has 2 amide bonds. The molecule has 1 unspecified atom stereocenters. The van der Waals surface area contributed by atoms with Gasteiger partial charge in [-0.05, 0) is 30.7 Å². The third-order valence-electron chi connectivity index (χ3n) is 5.14. The van der Waals surface area contributed by atoms with Crippen molar-refractivity contribution in [2.45, 2.75) is 26.1 Å². The number of likely N-dealkylation sites (N-methyl/N-ethyl adjacent to an activating group) is 1. The molecule has 3 N–H and O–H groups in total. The summed E-state index contributed by atoms with van der Waals surface area (Å²) < 4.78 is 8.40. The van der Waals surface area contributed by atoms with Crippen molar-refractivity contribution < 1.29 is 14.3 Å². The van der Waals surface area contributed by atoms with Crippen LogP contribution in [0.1, 0.15) is 22.8 Å². The Balaban J connectivity index is 1.73. The first-order valence-electron chi connectivity index (χ1n) is 10.3. The average Bonchev–Trinajstić information content (AvgIpc) is 3.38. The number of halogens is 1. The van der Waals surface area contributed by atoms with Gasteiger partial charge in [-0.3, -0.25) is 14.3 Å². The summed E-state index contributed by atoms with van der Waals surface area (Å²) in [6, 6.07) is 5.43. The molecule has 10 nitrogen and oxygen atoms in total. The quantitative estimate of drug-likeness (QED) is 0.490. The lowest BCUT2D eigenvalue weighted by Gasteiger charge is -2.17. The molecule has 0 saturated carbocycles. The van der Waals surface area contributed by atoms with Crippen LogP contribution < -0.4 is 16.0 Å². The van der Waals surface area contributed by atoms with Crippen molar-refractivity contribution in [3.05, 3.63) is 52.8 Å². The van der Waals surface area contributed by atoms with Gasteiger partial charge in [0.1, 0.15) is 23.6 Å². The molecule has 4 rings (SSSR count). The smallest absolute Gasteiger partial charge is 0.261 e. The molecule has 0 fully saturated rings. The van der Waals surface area contributed by atoms with Crippen LogP contribution in [0.2, 0.25) is 5.02 Å². The Bertz CT molecular complexity index is 1230. The van der Waals surface area contributed by atoms with Gasteiger partial charge < -0.3 is 20.7 Å². The maximum Gasteiger partial charge on any atom is 0.261 e. The minimum Gasteiger partial charge on any atom is -0.380 e. The lowest BCUT2D eigenvalue weighted by atomic mass is 10.0. The van der Waals surface area contributed by atoms with E-state index in [9.17, 15) is 9.59 Å². The average molecular weight is 470 g/mol. The number of carbonyl (C=O) groups excluding carboxylic acids is 2. The van der Waals surface area contributed by atoms with Crippen LogP contribution in [0.25, 0.3) is 17.5 Å². The van der Waals surface area contributed by atoms with E-state index in [-0.39, 0.29) is 24.4 Å². The molecule has 11 heteroatoms. The van der Waals surface area contributed by atoms with Crippen LogP contribution in [0.5, 0.6) is 0 Å². The Kier molecular flexibility index (Phi) is 6.47. The van der Waals surface area contributed by atoms with Crippen molar-refractivity contribution in [1.82, 2.24) is 24.9 Å². The highest BCUT2D eigenvalue weighted by Gasteiger charge is 2.23. The molecular weight excluding hydrogens is 446 g/mol. The normalized spacial score (nSPS) is 14.5. The largest absolute Gasteiger partial charge is 0.380 e. The molecule has 0 spiro atoms. The number of aromatic nitrogens is 4. The summed E-state index contributed by atoms with van der Waals surface area (Å²) in [6.45, 7) is 2.30. The molecule has 0 radical (unpaired) electrons. The number of rotatable bonds is 7. The second-order valence-corrected chi connectivity index (χ2v) is 8.01. The predicted octanol–water partition coefficient (Wildman–Crippen LogP) is 2.83. The van der Waals surface area contributed by atoms with E-state index in [0.29, 0.717) is 40.0 Å². The molecule has 0 saturated heterocycles. The zero-order valence-electron chi connectivity index (χ0n) is 18.4. The van der Waals surface area contributed by atoms with Crippen LogP contribution in [-0.2, 0) is 22.7 Å². The van der Waals surface area contributed by atoms with E-state index < -0.39 is 0 Å². The number of nitrogens with zero attached hydrogens (tertiary/aromatic N) is 4. The van der Waals surface area contributed by atoms with Gasteiger partial charge in [0.2, 0.25) is 5.91 Å². The van der Waals surface area contributed by atoms with Crippen molar-refractivity contribution in [1.29, 1.82) is 0 Å². The summed E-state index contributed by atoms with van der Waals surface area (Å²) >= 11 is 6.26. The summed E-state index contributed by atoms with van der Waals surface area (Å²) in [7, 11) is 3.14. The van der Waals surface area contributed by atoms with Crippen LogP contribution in [0.3, 0.4) is 0 Å². The lowest BCUT2D eigenvalue weighted by molar-refractivity contribution is -0.121. The van der Waals surface area contributed by atoms with Gasteiger partial charge in [-0.1, -0.05) is 17.7 Å². The summed E-state index contributed by atoms with van der Waals surface area (Å²) in [4.78, 5) is 25.1. The molecule has 1 aromatic carbocycles. The number of nitrogens with one attached hydrogen (secondary N) is 3. The van der Waals surface area contributed by atoms with E-state index in [0.717, 1.165) is 5.56 Å². The molecule has 2 aromatic heterocycles. The summed E-state index contributed by atoms with van der Waals surface area (Å²) in [5.74, 6) is 0.0211. The monoisotopic (exact) mass is 469 g/mol. The fraction of sp³-hybridized carbons (Fsp3) is 0.273. The van der Waals surface area contributed by atoms with Crippen molar-refractivity contribution in [3.8, 4) is 11.3 Å². The first-order valence-corrected chi connectivity index (χ1v) is 10.7. The standard InChI is InChI=1S/C22H24ClN7O3/c1-13-6-7-30-21(26-13)17(9-25-30)22(32)27-18-10-29(11-19(31)24-2)28-20(18)16-8-15(23)5-4-14(16)12-33-3/h4-10,13,26H,11-12H2,1-3H3,(H,24,31)(H,27,32). The number of benzene rings is 1. The van der Waals surface area contributed by atoms with Crippen molar-refractivity contribution in [2.24, 2.45) is 0 Å². The van der Waals surface area contributed by atoms with Crippen LogP contribution in [0, 0.1) is 0 Å². The van der Waals surface area contributed by atoms with E-state index in [2.05, 4.69) is 26.1 Å². The van der Waals surface area contributed by atoms with Crippen LogP contribution in [0.4, 0.5) is 11.5 Å². The highest BCUT2D eigenvalue weighted by molar-refractivity contribution is 6.31. The fourth-order valence-corrected chi connectivity index (χ4v) is 3.69. The number of anilines is 2. The third-order valence-corrected chi connectivity index (χ3v) is 5.38. The van der Waals surface area contributed by atoms with Gasteiger partial charge >= 0.3 is 0 Å². The Morgan fingerprint density at radius 1 is 1.33 bits per heavy atom. The number of hydrogen-bond acceptors (Lipinski definition) is 6. The number of ether oxygens (including phenoxy) is 1. The molecule has 172 valence electrons. The summed E-state index contributed by atoms with van der Waals surface area (Å²) in [5, 5.41) is 18.0. The number of methoxy groups -OCH3 is 1. The number of carbonyl (C=O) groups is 2. The minimum absolute atomic E-state index is 0.00735. The molecule has 1 aliphatic heterocycles. The molecular formula is C22H24ClN7O3. The Morgan fingerprint density at radius 2 is 2.15 bits per heavy atom. The third kappa shape index (κ3) is 4.76. The number of hydrogen-bond donors (Lipinski definition) is 3. The van der Waals surface area contributed by atoms with E-state index in [1.807, 2.05) is 25.3 Å². The number of amides is 2. The Hall–Kier alpha value is -3.63. The van der Waals surface area contributed by atoms with Crippen LogP contribution >= 0.6 is 11.6 Å². The molecule has 0 bridgehead atoms. The van der Waals surface area contributed by atoms with Crippen LogP contribution in [-0.4, -0.2) is 51.6 Å². The van der Waals surface area contributed by atoms with Crippen molar-refractivity contribution >= 4 is 41.1 Å². The first-order chi connectivity index (χ1) is 15.9. The van der Waals surface area contributed by atoms with Gasteiger partial charge in [0.15, 0.2) is 0 Å². The fourth-order valence-electron chi connectivity index (χ4n) is 3.52. The second kappa shape index (κ2) is 9.47. The van der Waals surface area contributed by atoms with Gasteiger partial charge in [-0.2, -0.15) is 10.2 Å². The topological polar surface area (TPSA) is 115 Å². The second-order valence-electron chi connectivity index (χ2n) is 7.58. The highest BCUT2D eigenvalue weighted by Crippen LogP contribution is 2.33. The lowest BCUT2D eigenvalue weighted by Crippen LogP contribution is -2.23. The van der Waals surface area contributed by atoms with E-state index in [1.54, 1.807) is 37.2 Å². The zero-order valence-corrected chi connectivity index (χ0v) is 19.2. The number of fused-ring (bicyclic) bond motifs is 1. The van der Waals surface area contributed by atoms with Gasteiger partial charge in [0.05, 0.1) is 18.5 Å². The summed E-state index contributed by atoms with van der Waals surface area (Å²) in [5.41, 5.74) is 2.83. The van der Waals surface area contributed by atoms with Crippen molar-refractivity contribution in [3.63, 3.8) is 0 Å². The Labute approximate surface area is 195 Å². The van der Waals surface area contributed by atoms with Gasteiger partial charge in [0, 0.05) is 43.2 Å². The zero-order chi connectivity index (χ0) is 23.5. The first kappa shape index (κ1) is 22.6. The highest BCUT2D eigenvalue weighted by atomic mass is 35.5. The van der Waals surface area contributed by atoms with Gasteiger partial charge in [-0.15, -0.1) is 0 Å². The molecule has 1 atom stereocenters. The van der Waals surface area contributed by atoms with E-state index >= 15 is 0 Å². The summed E-state index contributed by atoms with van der Waals surface area (Å²) in [6.07, 6.45) is 6.87. The predicted molar refractivity (Wildman–Crippen MR) is 126 cm³/mol. The van der Waals surface area contributed by atoms with Gasteiger partial charge in [0.25, 0.3) is 5.91 Å². The maximum absolute atomic E-state index is 13.2. The molecule has 3 heterocycles. The molecule has 3 aromatic rings. The minimum atomic E-state index is -0.359. The molecule has 33 heavy (non-hydrogen) atoms.